The summed E-state index contributed by atoms with van der Waals surface area (Å²) < 4.78 is 14.2. The summed E-state index contributed by atoms with van der Waals surface area (Å²) in [7, 11) is 0. The van der Waals surface area contributed by atoms with Crippen molar-refractivity contribution < 1.29 is 19.1 Å². The first-order valence-electron chi connectivity index (χ1n) is 7.26. The van der Waals surface area contributed by atoms with Crippen molar-refractivity contribution in [2.75, 3.05) is 5.32 Å². The lowest BCUT2D eigenvalue weighted by Crippen LogP contribution is -2.24. The van der Waals surface area contributed by atoms with Gasteiger partial charge in [-0.25, -0.2) is 13.9 Å². The quantitative estimate of drug-likeness (QED) is 0.879. The van der Waals surface area contributed by atoms with Crippen LogP contribution in [0.15, 0.2) is 24.3 Å². The fourth-order valence-corrected chi connectivity index (χ4v) is 2.55. The van der Waals surface area contributed by atoms with Crippen LogP contribution in [-0.4, -0.2) is 32.0 Å². The minimum atomic E-state index is -1.14. The lowest BCUT2D eigenvalue weighted by Gasteiger charge is -2.25. The van der Waals surface area contributed by atoms with Gasteiger partial charge in [0.05, 0.1) is 5.69 Å². The molecule has 0 radical (unpaired) electrons. The molecule has 1 amide bonds. The molecule has 1 aromatic carbocycles. The van der Waals surface area contributed by atoms with Gasteiger partial charge in [-0.3, -0.25) is 4.79 Å². The zero-order chi connectivity index (χ0) is 16.4. The second-order valence-corrected chi connectivity index (χ2v) is 5.47. The van der Waals surface area contributed by atoms with Gasteiger partial charge in [0.1, 0.15) is 12.4 Å². The van der Waals surface area contributed by atoms with Crippen LogP contribution in [0.1, 0.15) is 41.4 Å². The number of carboxylic acid groups (broad SMARTS) is 1. The Balaban J connectivity index is 1.75. The first kappa shape index (κ1) is 15.1. The van der Waals surface area contributed by atoms with Gasteiger partial charge in [-0.1, -0.05) is 11.6 Å². The summed E-state index contributed by atoms with van der Waals surface area (Å²) in [6, 6.07) is 5.38. The van der Waals surface area contributed by atoms with Crippen molar-refractivity contribution in [1.82, 2.24) is 15.0 Å². The molecule has 120 valence electrons. The Labute approximate surface area is 131 Å². The number of nitrogens with one attached hydrogen (secondary N) is 1. The maximum absolute atomic E-state index is 12.8. The number of carboxylic acids is 1. The molecule has 0 saturated heterocycles. The predicted molar refractivity (Wildman–Crippen MR) is 78.6 cm³/mol. The van der Waals surface area contributed by atoms with Gasteiger partial charge in [0.25, 0.3) is 0 Å². The average molecular weight is 318 g/mol. The number of aromatic nitrogens is 3. The highest BCUT2D eigenvalue weighted by Crippen LogP contribution is 2.37. The van der Waals surface area contributed by atoms with Crippen LogP contribution >= 0.6 is 0 Å². The molecule has 1 aromatic heterocycles. The topological polar surface area (TPSA) is 97.1 Å². The van der Waals surface area contributed by atoms with E-state index in [0.29, 0.717) is 11.4 Å². The molecule has 7 nitrogen and oxygen atoms in total. The monoisotopic (exact) mass is 318 g/mol. The van der Waals surface area contributed by atoms with Crippen molar-refractivity contribution in [3.05, 3.63) is 41.5 Å². The Bertz CT molecular complexity index is 738. The molecule has 0 bridgehead atoms. The Morgan fingerprint density at radius 3 is 2.57 bits per heavy atom. The number of rotatable bonds is 5. The van der Waals surface area contributed by atoms with Crippen LogP contribution in [0.4, 0.5) is 10.1 Å². The van der Waals surface area contributed by atoms with E-state index in [2.05, 4.69) is 15.6 Å². The van der Waals surface area contributed by atoms with E-state index in [1.54, 1.807) is 0 Å². The summed E-state index contributed by atoms with van der Waals surface area (Å²) in [6.45, 7) is -0.135. The molecule has 1 heterocycles. The van der Waals surface area contributed by atoms with Gasteiger partial charge in [0, 0.05) is 11.6 Å². The van der Waals surface area contributed by atoms with Crippen LogP contribution in [0.2, 0.25) is 0 Å². The Morgan fingerprint density at radius 2 is 2.00 bits per heavy atom. The number of benzene rings is 1. The number of anilines is 1. The van der Waals surface area contributed by atoms with Gasteiger partial charge in [0.15, 0.2) is 5.69 Å². The predicted octanol–water partition coefficient (Wildman–Crippen LogP) is 2.02. The molecule has 1 aliphatic rings. The first-order valence-corrected chi connectivity index (χ1v) is 7.26. The van der Waals surface area contributed by atoms with Crippen LogP contribution in [-0.2, 0) is 11.3 Å². The van der Waals surface area contributed by atoms with E-state index in [4.69, 9.17) is 0 Å². The van der Waals surface area contributed by atoms with Crippen LogP contribution in [0.25, 0.3) is 0 Å². The Morgan fingerprint density at radius 1 is 1.30 bits per heavy atom. The SMILES string of the molecule is O=C(Cn1nnc(C(=O)O)c1C1CCC1)Nc1ccc(F)cc1. The van der Waals surface area contributed by atoms with E-state index >= 15 is 0 Å². The van der Waals surface area contributed by atoms with E-state index < -0.39 is 11.8 Å². The van der Waals surface area contributed by atoms with E-state index in [1.165, 1.54) is 28.9 Å². The highest BCUT2D eigenvalue weighted by atomic mass is 19.1. The van der Waals surface area contributed by atoms with Crippen molar-refractivity contribution in [1.29, 1.82) is 0 Å². The summed E-state index contributed by atoms with van der Waals surface area (Å²) in [5.41, 5.74) is 0.863. The van der Waals surface area contributed by atoms with Crippen LogP contribution < -0.4 is 5.32 Å². The van der Waals surface area contributed by atoms with E-state index in [-0.39, 0.29) is 24.1 Å². The van der Waals surface area contributed by atoms with Crippen LogP contribution in [0, 0.1) is 5.82 Å². The molecule has 8 heteroatoms. The second kappa shape index (κ2) is 6.15. The smallest absolute Gasteiger partial charge is 0.358 e. The zero-order valence-corrected chi connectivity index (χ0v) is 12.2. The number of nitrogens with zero attached hydrogens (tertiary/aromatic N) is 3. The van der Waals surface area contributed by atoms with Gasteiger partial charge in [0.2, 0.25) is 5.91 Å². The number of carbonyl (C=O) groups is 2. The summed E-state index contributed by atoms with van der Waals surface area (Å²) in [4.78, 5) is 23.3. The lowest BCUT2D eigenvalue weighted by molar-refractivity contribution is -0.117. The summed E-state index contributed by atoms with van der Waals surface area (Å²) in [5.74, 6) is -1.83. The summed E-state index contributed by atoms with van der Waals surface area (Å²) in [5, 5.41) is 19.3. The number of halogens is 1. The molecule has 0 atom stereocenters. The van der Waals surface area contributed by atoms with Crippen LogP contribution in [0.5, 0.6) is 0 Å². The fraction of sp³-hybridized carbons (Fsp3) is 0.333. The van der Waals surface area contributed by atoms with Gasteiger partial charge >= 0.3 is 5.97 Å². The molecule has 1 aliphatic carbocycles. The molecule has 0 aliphatic heterocycles. The van der Waals surface area contributed by atoms with Crippen molar-refractivity contribution in [3.8, 4) is 0 Å². The molecular weight excluding hydrogens is 303 g/mol. The third-order valence-corrected chi connectivity index (χ3v) is 3.89. The van der Waals surface area contributed by atoms with E-state index in [1.807, 2.05) is 0 Å². The fourth-order valence-electron chi connectivity index (χ4n) is 2.55. The third kappa shape index (κ3) is 3.20. The number of carbonyl (C=O) groups excluding carboxylic acids is 1. The maximum Gasteiger partial charge on any atom is 0.358 e. The van der Waals surface area contributed by atoms with Crippen molar-refractivity contribution in [2.45, 2.75) is 31.7 Å². The van der Waals surface area contributed by atoms with Crippen LogP contribution in [0.3, 0.4) is 0 Å². The molecule has 3 rings (SSSR count). The molecule has 0 unspecified atom stereocenters. The normalized spacial score (nSPS) is 14.3. The average Bonchev–Trinajstić information content (AvgIpc) is 2.83. The molecule has 23 heavy (non-hydrogen) atoms. The van der Waals surface area contributed by atoms with Gasteiger partial charge in [-0.15, -0.1) is 5.10 Å². The summed E-state index contributed by atoms with van der Waals surface area (Å²) >= 11 is 0. The minimum absolute atomic E-state index is 0.0784. The molecule has 0 spiro atoms. The molecule has 1 saturated carbocycles. The second-order valence-electron chi connectivity index (χ2n) is 5.47. The van der Waals surface area contributed by atoms with Gasteiger partial charge in [-0.2, -0.15) is 0 Å². The molecular formula is C15H15FN4O3. The van der Waals surface area contributed by atoms with E-state index in [9.17, 15) is 19.1 Å². The molecule has 2 aromatic rings. The first-order chi connectivity index (χ1) is 11.0. The van der Waals surface area contributed by atoms with Crippen molar-refractivity contribution >= 4 is 17.6 Å². The number of aromatic carboxylic acids is 1. The van der Waals surface area contributed by atoms with Gasteiger partial charge < -0.3 is 10.4 Å². The third-order valence-electron chi connectivity index (χ3n) is 3.89. The molecule has 1 fully saturated rings. The van der Waals surface area contributed by atoms with Gasteiger partial charge in [-0.05, 0) is 37.1 Å². The molecule has 2 N–H and O–H groups in total. The highest BCUT2D eigenvalue weighted by molar-refractivity contribution is 5.91. The highest BCUT2D eigenvalue weighted by Gasteiger charge is 2.31. The Hall–Kier alpha value is -2.77. The lowest BCUT2D eigenvalue weighted by atomic mass is 9.82. The number of hydrogen-bond donors (Lipinski definition) is 2. The number of amides is 1. The van der Waals surface area contributed by atoms with Crippen molar-refractivity contribution in [3.63, 3.8) is 0 Å². The largest absolute Gasteiger partial charge is 0.476 e. The minimum Gasteiger partial charge on any atom is -0.476 e. The van der Waals surface area contributed by atoms with E-state index in [0.717, 1.165) is 19.3 Å². The standard InChI is InChI=1S/C15H15FN4O3/c16-10-4-6-11(7-5-10)17-12(21)8-20-14(9-2-1-3-9)13(15(22)23)18-19-20/h4-7,9H,1-3,8H2,(H,17,21)(H,22,23). The van der Waals surface area contributed by atoms with Crippen molar-refractivity contribution in [2.24, 2.45) is 0 Å². The maximum atomic E-state index is 12.8. The zero-order valence-electron chi connectivity index (χ0n) is 12.2. The number of hydrogen-bond acceptors (Lipinski definition) is 4. The Kier molecular flexibility index (Phi) is 4.05. The summed E-state index contributed by atoms with van der Waals surface area (Å²) in [6.07, 6.45) is 2.76.